The van der Waals surface area contributed by atoms with Gasteiger partial charge in [0.1, 0.15) is 5.75 Å². The molecular formula is C8H13O6P. The van der Waals surface area contributed by atoms with Crippen molar-refractivity contribution in [2.45, 2.75) is 6.92 Å². The van der Waals surface area contributed by atoms with Crippen LogP contribution in [0.4, 0.5) is 0 Å². The van der Waals surface area contributed by atoms with Crippen molar-refractivity contribution >= 4 is 7.82 Å². The summed E-state index contributed by atoms with van der Waals surface area (Å²) in [6.07, 6.45) is 0. The molecule has 0 fully saturated rings. The number of benzene rings is 1. The highest BCUT2D eigenvalue weighted by atomic mass is 31.2. The minimum atomic E-state index is -4.40. The van der Waals surface area contributed by atoms with Crippen molar-refractivity contribution < 1.29 is 29.0 Å². The highest BCUT2D eigenvalue weighted by Gasteiger charge is 2.13. The first-order valence-corrected chi connectivity index (χ1v) is 5.59. The maximum absolute atomic E-state index is 9.74. The van der Waals surface area contributed by atoms with Crippen LogP contribution in [0.5, 0.6) is 5.75 Å². The molecule has 0 bridgehead atoms. The number of phosphoric acid groups is 1. The zero-order valence-electron chi connectivity index (χ0n) is 8.11. The van der Waals surface area contributed by atoms with Crippen LogP contribution in [-0.2, 0) is 14.1 Å². The first-order valence-electron chi connectivity index (χ1n) is 4.06. The monoisotopic (exact) mass is 236 g/mol. The second kappa shape index (κ2) is 7.39. The SMILES string of the molecule is CCOOP(=O)(O)O.Oc1ccccc1. The van der Waals surface area contributed by atoms with E-state index in [4.69, 9.17) is 14.9 Å². The predicted octanol–water partition coefficient (Wildman–Crippen LogP) is 1.44. The second-order valence-corrected chi connectivity index (χ2v) is 3.44. The van der Waals surface area contributed by atoms with Crippen LogP contribution in [0.2, 0.25) is 0 Å². The molecule has 0 atom stereocenters. The molecule has 0 saturated carbocycles. The lowest BCUT2D eigenvalue weighted by Gasteiger charge is -1.99. The van der Waals surface area contributed by atoms with E-state index < -0.39 is 7.82 Å². The van der Waals surface area contributed by atoms with E-state index in [1.54, 1.807) is 31.2 Å². The standard InChI is InChI=1S/C6H6O.C2H7O5P/c7-6-4-2-1-3-5-6;1-2-6-7-8(3,4)5/h1-5,7H;2H2,1H3,(H2,3,4,5). The Morgan fingerprint density at radius 2 is 1.80 bits per heavy atom. The van der Waals surface area contributed by atoms with Gasteiger partial charge in [-0.15, -0.1) is 4.67 Å². The Morgan fingerprint density at radius 3 is 2.00 bits per heavy atom. The summed E-state index contributed by atoms with van der Waals surface area (Å²) >= 11 is 0. The van der Waals surface area contributed by atoms with Crippen LogP contribution >= 0.6 is 7.82 Å². The number of rotatable bonds is 3. The van der Waals surface area contributed by atoms with Crippen LogP contribution in [0.3, 0.4) is 0 Å². The Morgan fingerprint density at radius 1 is 1.27 bits per heavy atom. The number of para-hydroxylation sites is 1. The molecule has 1 rings (SSSR count). The highest BCUT2D eigenvalue weighted by Crippen LogP contribution is 2.35. The topological polar surface area (TPSA) is 96.2 Å². The molecule has 86 valence electrons. The van der Waals surface area contributed by atoms with Gasteiger partial charge in [-0.2, -0.15) is 0 Å². The summed E-state index contributed by atoms with van der Waals surface area (Å²) in [5, 5.41) is 8.63. The average molecular weight is 236 g/mol. The normalized spacial score (nSPS) is 10.3. The molecule has 0 amide bonds. The van der Waals surface area contributed by atoms with Crippen molar-refractivity contribution in [3.05, 3.63) is 30.3 Å². The summed E-state index contributed by atoms with van der Waals surface area (Å²) < 4.78 is 13.3. The van der Waals surface area contributed by atoms with Gasteiger partial charge < -0.3 is 14.9 Å². The number of aromatic hydroxyl groups is 1. The quantitative estimate of drug-likeness (QED) is 0.417. The maximum atomic E-state index is 9.74. The molecule has 7 heteroatoms. The smallest absolute Gasteiger partial charge is 0.496 e. The van der Waals surface area contributed by atoms with Crippen molar-refractivity contribution in [3.63, 3.8) is 0 Å². The van der Waals surface area contributed by atoms with Crippen LogP contribution in [0.1, 0.15) is 6.92 Å². The van der Waals surface area contributed by atoms with Gasteiger partial charge in [-0.05, 0) is 19.1 Å². The summed E-state index contributed by atoms with van der Waals surface area (Å²) in [7, 11) is -4.40. The molecule has 0 saturated heterocycles. The molecule has 0 aromatic heterocycles. The van der Waals surface area contributed by atoms with Crippen LogP contribution in [-0.4, -0.2) is 21.5 Å². The highest BCUT2D eigenvalue weighted by molar-refractivity contribution is 7.46. The zero-order valence-corrected chi connectivity index (χ0v) is 9.00. The molecule has 0 heterocycles. The Balaban J connectivity index is 0.000000262. The van der Waals surface area contributed by atoms with Gasteiger partial charge in [-0.25, -0.2) is 9.45 Å². The van der Waals surface area contributed by atoms with E-state index in [9.17, 15) is 4.57 Å². The average Bonchev–Trinajstić information content (AvgIpc) is 2.16. The summed E-state index contributed by atoms with van der Waals surface area (Å²) in [5.74, 6) is 0.322. The number of phenols is 1. The van der Waals surface area contributed by atoms with Crippen molar-refractivity contribution in [1.29, 1.82) is 0 Å². The maximum Gasteiger partial charge on any atom is 0.496 e. The second-order valence-electron chi connectivity index (χ2n) is 2.31. The van der Waals surface area contributed by atoms with Crippen LogP contribution in [0, 0.1) is 0 Å². The van der Waals surface area contributed by atoms with E-state index in [2.05, 4.69) is 9.56 Å². The summed E-state index contributed by atoms with van der Waals surface area (Å²) in [4.78, 5) is 19.8. The van der Waals surface area contributed by atoms with Crippen molar-refractivity contribution in [2.75, 3.05) is 6.61 Å². The van der Waals surface area contributed by atoms with Crippen LogP contribution in [0.25, 0.3) is 0 Å². The first-order chi connectivity index (χ1) is 6.95. The molecule has 0 unspecified atom stereocenters. The predicted molar refractivity (Wildman–Crippen MR) is 52.9 cm³/mol. The fourth-order valence-corrected chi connectivity index (χ4v) is 0.792. The van der Waals surface area contributed by atoms with Gasteiger partial charge in [-0.3, -0.25) is 0 Å². The number of phenolic OH excluding ortho intramolecular Hbond substituents is 1. The summed E-state index contributed by atoms with van der Waals surface area (Å²) in [6.45, 7) is 1.67. The molecule has 0 aliphatic heterocycles. The van der Waals surface area contributed by atoms with Gasteiger partial charge in [0.05, 0.1) is 6.61 Å². The van der Waals surface area contributed by atoms with Gasteiger partial charge in [-0.1, -0.05) is 18.2 Å². The van der Waals surface area contributed by atoms with Crippen molar-refractivity contribution in [2.24, 2.45) is 0 Å². The molecule has 0 aliphatic rings. The fourth-order valence-electron chi connectivity index (χ4n) is 0.549. The van der Waals surface area contributed by atoms with E-state index in [-0.39, 0.29) is 6.61 Å². The third-order valence-electron chi connectivity index (χ3n) is 1.02. The Labute approximate surface area is 87.3 Å². The first kappa shape index (κ1) is 14.1. The molecule has 1 aromatic carbocycles. The lowest BCUT2D eigenvalue weighted by Crippen LogP contribution is -1.89. The molecule has 0 spiro atoms. The zero-order chi connectivity index (χ0) is 11.7. The van der Waals surface area contributed by atoms with E-state index >= 15 is 0 Å². The number of hydrogen-bond acceptors (Lipinski definition) is 4. The molecule has 0 radical (unpaired) electrons. The van der Waals surface area contributed by atoms with Crippen molar-refractivity contribution in [3.8, 4) is 5.75 Å². The molecule has 0 aliphatic carbocycles. The molecule has 1 aromatic rings. The van der Waals surface area contributed by atoms with Gasteiger partial charge in [0, 0.05) is 0 Å². The van der Waals surface area contributed by atoms with E-state index in [0.29, 0.717) is 5.75 Å². The van der Waals surface area contributed by atoms with Gasteiger partial charge in [0.25, 0.3) is 0 Å². The third kappa shape index (κ3) is 11.0. The largest absolute Gasteiger partial charge is 0.508 e. The van der Waals surface area contributed by atoms with Crippen LogP contribution < -0.4 is 0 Å². The third-order valence-corrected chi connectivity index (χ3v) is 1.32. The van der Waals surface area contributed by atoms with E-state index in [1.165, 1.54) is 0 Å². The molecule has 6 nitrogen and oxygen atoms in total. The molecule has 3 N–H and O–H groups in total. The fraction of sp³-hybridized carbons (Fsp3) is 0.250. The Kier molecular flexibility index (Phi) is 6.94. The molecule has 15 heavy (non-hydrogen) atoms. The summed E-state index contributed by atoms with van der Waals surface area (Å²) in [5.41, 5.74) is 0. The minimum absolute atomic E-state index is 0.116. The Bertz CT molecular complexity index is 295. The van der Waals surface area contributed by atoms with E-state index in [0.717, 1.165) is 0 Å². The van der Waals surface area contributed by atoms with E-state index in [1.807, 2.05) is 6.07 Å². The van der Waals surface area contributed by atoms with Gasteiger partial charge in [0.2, 0.25) is 0 Å². The van der Waals surface area contributed by atoms with Gasteiger partial charge >= 0.3 is 7.82 Å². The minimum Gasteiger partial charge on any atom is -0.508 e. The van der Waals surface area contributed by atoms with Gasteiger partial charge in [0.15, 0.2) is 0 Å². The Hall–Kier alpha value is -0.910. The lowest BCUT2D eigenvalue weighted by molar-refractivity contribution is -0.217. The van der Waals surface area contributed by atoms with Crippen LogP contribution in [0.15, 0.2) is 30.3 Å². The number of hydrogen-bond donors (Lipinski definition) is 3. The lowest BCUT2D eigenvalue weighted by atomic mass is 10.3. The summed E-state index contributed by atoms with van der Waals surface area (Å²) in [6, 6.07) is 8.71. The van der Waals surface area contributed by atoms with Crippen molar-refractivity contribution in [1.82, 2.24) is 0 Å². The molecular weight excluding hydrogens is 223 g/mol.